The molecule has 0 radical (unpaired) electrons. The Bertz CT molecular complexity index is 765. The average molecular weight is 338 g/mol. The van der Waals surface area contributed by atoms with Gasteiger partial charge in [0.1, 0.15) is 0 Å². The first-order valence-corrected chi connectivity index (χ1v) is 9.15. The number of hydrogen-bond donors (Lipinski definition) is 0. The molecule has 0 N–H and O–H groups in total. The van der Waals surface area contributed by atoms with Crippen molar-refractivity contribution in [3.05, 3.63) is 59.1 Å². The quantitative estimate of drug-likeness (QED) is 0.779. The van der Waals surface area contributed by atoms with Crippen LogP contribution in [0, 0.1) is 11.3 Å². The Morgan fingerprint density at radius 3 is 2.38 bits per heavy atom. The van der Waals surface area contributed by atoms with Gasteiger partial charge in [-0.3, -0.25) is 0 Å². The van der Waals surface area contributed by atoms with E-state index in [9.17, 15) is 8.42 Å². The molecule has 0 fully saturated rings. The van der Waals surface area contributed by atoms with Crippen LogP contribution in [-0.2, 0) is 9.84 Å². The zero-order chi connectivity index (χ0) is 15.3. The molecule has 0 aromatic heterocycles. The molecular formula is C15H12ClNO2S2. The number of rotatable bonds is 5. The Morgan fingerprint density at radius 1 is 1.10 bits per heavy atom. The van der Waals surface area contributed by atoms with E-state index in [2.05, 4.69) is 0 Å². The van der Waals surface area contributed by atoms with Crippen molar-refractivity contribution in [1.82, 2.24) is 0 Å². The summed E-state index contributed by atoms with van der Waals surface area (Å²) in [5, 5.41) is 9.33. The van der Waals surface area contributed by atoms with E-state index in [0.29, 0.717) is 16.3 Å². The number of benzene rings is 2. The fraction of sp³-hybridized carbons (Fsp3) is 0.133. The lowest BCUT2D eigenvalue weighted by Gasteiger charge is -2.06. The Hall–Kier alpha value is -1.48. The van der Waals surface area contributed by atoms with Crippen LogP contribution in [0.2, 0.25) is 5.02 Å². The summed E-state index contributed by atoms with van der Waals surface area (Å²) >= 11 is 7.44. The molecule has 6 heteroatoms. The highest BCUT2D eigenvalue weighted by molar-refractivity contribution is 8.00. The number of hydrogen-bond acceptors (Lipinski definition) is 4. The van der Waals surface area contributed by atoms with Crippen LogP contribution >= 0.6 is 23.4 Å². The van der Waals surface area contributed by atoms with Crippen molar-refractivity contribution >= 4 is 33.2 Å². The molecule has 0 saturated carbocycles. The van der Waals surface area contributed by atoms with Crippen molar-refractivity contribution in [2.45, 2.75) is 9.79 Å². The monoisotopic (exact) mass is 337 g/mol. The van der Waals surface area contributed by atoms with Gasteiger partial charge in [0, 0.05) is 10.6 Å². The van der Waals surface area contributed by atoms with Crippen molar-refractivity contribution in [1.29, 1.82) is 5.26 Å². The van der Waals surface area contributed by atoms with E-state index < -0.39 is 9.84 Å². The van der Waals surface area contributed by atoms with Crippen LogP contribution in [0.3, 0.4) is 0 Å². The summed E-state index contributed by atoms with van der Waals surface area (Å²) in [4.78, 5) is 1.11. The second kappa shape index (κ2) is 6.99. The van der Waals surface area contributed by atoms with Crippen molar-refractivity contribution in [3.63, 3.8) is 0 Å². The fourth-order valence-electron chi connectivity index (χ4n) is 1.68. The molecule has 0 unspecified atom stereocenters. The predicted molar refractivity (Wildman–Crippen MR) is 85.4 cm³/mol. The standard InChI is InChI=1S/C15H12ClNO2S2/c16-14-3-1-2-4-15(14)20-9-10-21(18,19)13-7-5-12(11-17)6-8-13/h1-8H,9-10H2. The van der Waals surface area contributed by atoms with E-state index in [0.717, 1.165) is 4.90 Å². The molecule has 2 aromatic rings. The molecule has 2 rings (SSSR count). The summed E-state index contributed by atoms with van der Waals surface area (Å²) in [6, 6.07) is 15.2. The minimum absolute atomic E-state index is 0.0226. The van der Waals surface area contributed by atoms with Gasteiger partial charge in [0.25, 0.3) is 0 Å². The van der Waals surface area contributed by atoms with E-state index in [-0.39, 0.29) is 10.6 Å². The molecule has 21 heavy (non-hydrogen) atoms. The summed E-state index contributed by atoms with van der Waals surface area (Å²) in [6.45, 7) is 0. The van der Waals surface area contributed by atoms with Crippen molar-refractivity contribution in [2.24, 2.45) is 0 Å². The highest BCUT2D eigenvalue weighted by Gasteiger charge is 2.14. The van der Waals surface area contributed by atoms with E-state index >= 15 is 0 Å². The van der Waals surface area contributed by atoms with Gasteiger partial charge >= 0.3 is 0 Å². The summed E-state index contributed by atoms with van der Waals surface area (Å²) in [5.74, 6) is 0.445. The second-order valence-electron chi connectivity index (χ2n) is 4.23. The van der Waals surface area contributed by atoms with E-state index in [1.165, 1.54) is 36.0 Å². The third-order valence-corrected chi connectivity index (χ3v) is 6.30. The van der Waals surface area contributed by atoms with Crippen molar-refractivity contribution < 1.29 is 8.42 Å². The Balaban J connectivity index is 2.01. The van der Waals surface area contributed by atoms with Crippen LogP contribution < -0.4 is 0 Å². The van der Waals surface area contributed by atoms with E-state index in [4.69, 9.17) is 16.9 Å². The first kappa shape index (κ1) is 15.9. The van der Waals surface area contributed by atoms with Gasteiger partial charge in [-0.15, -0.1) is 11.8 Å². The molecule has 0 amide bonds. The molecule has 2 aromatic carbocycles. The molecule has 0 atom stereocenters. The number of nitrogens with zero attached hydrogens (tertiary/aromatic N) is 1. The molecule has 0 saturated heterocycles. The molecule has 108 valence electrons. The predicted octanol–water partition coefficient (Wildman–Crippen LogP) is 3.78. The van der Waals surface area contributed by atoms with Crippen molar-refractivity contribution in [2.75, 3.05) is 11.5 Å². The number of nitriles is 1. The topological polar surface area (TPSA) is 57.9 Å². The highest BCUT2D eigenvalue weighted by Crippen LogP contribution is 2.27. The second-order valence-corrected chi connectivity index (χ2v) is 7.89. The lowest BCUT2D eigenvalue weighted by atomic mass is 10.2. The molecule has 0 spiro atoms. The van der Waals surface area contributed by atoms with E-state index in [1.807, 2.05) is 24.3 Å². The maximum Gasteiger partial charge on any atom is 0.179 e. The minimum Gasteiger partial charge on any atom is -0.224 e. The van der Waals surface area contributed by atoms with Crippen LogP contribution in [0.25, 0.3) is 0 Å². The molecule has 0 heterocycles. The molecular weight excluding hydrogens is 326 g/mol. The Morgan fingerprint density at radius 2 is 1.76 bits per heavy atom. The fourth-order valence-corrected chi connectivity index (χ4v) is 4.58. The zero-order valence-corrected chi connectivity index (χ0v) is 13.4. The third-order valence-electron chi connectivity index (χ3n) is 2.79. The number of thioether (sulfide) groups is 1. The maximum absolute atomic E-state index is 12.2. The smallest absolute Gasteiger partial charge is 0.179 e. The minimum atomic E-state index is -3.34. The zero-order valence-electron chi connectivity index (χ0n) is 11.0. The van der Waals surface area contributed by atoms with Gasteiger partial charge in [-0.05, 0) is 36.4 Å². The molecule has 0 aliphatic carbocycles. The SMILES string of the molecule is N#Cc1ccc(S(=O)(=O)CCSc2ccccc2Cl)cc1. The van der Waals surface area contributed by atoms with Gasteiger partial charge in [0.15, 0.2) is 9.84 Å². The van der Waals surface area contributed by atoms with Gasteiger partial charge in [-0.1, -0.05) is 23.7 Å². The van der Waals surface area contributed by atoms with Crippen LogP contribution in [0.4, 0.5) is 0 Å². The lowest BCUT2D eigenvalue weighted by Crippen LogP contribution is -2.08. The first-order valence-electron chi connectivity index (χ1n) is 6.13. The van der Waals surface area contributed by atoms with Crippen LogP contribution in [0.1, 0.15) is 5.56 Å². The molecule has 3 nitrogen and oxygen atoms in total. The van der Waals surface area contributed by atoms with Gasteiger partial charge in [-0.2, -0.15) is 5.26 Å². The van der Waals surface area contributed by atoms with Gasteiger partial charge < -0.3 is 0 Å². The van der Waals surface area contributed by atoms with Crippen LogP contribution in [0.5, 0.6) is 0 Å². The van der Waals surface area contributed by atoms with Gasteiger partial charge in [0.05, 0.1) is 27.3 Å². The Labute approximate surface area is 133 Å². The summed E-state index contributed by atoms with van der Waals surface area (Å²) in [7, 11) is -3.34. The van der Waals surface area contributed by atoms with Crippen LogP contribution in [0.15, 0.2) is 58.3 Å². The Kier molecular flexibility index (Phi) is 5.29. The number of sulfone groups is 1. The summed E-state index contributed by atoms with van der Waals surface area (Å²) in [6.07, 6.45) is 0. The van der Waals surface area contributed by atoms with Gasteiger partial charge in [0.2, 0.25) is 0 Å². The lowest BCUT2D eigenvalue weighted by molar-refractivity contribution is 0.597. The third kappa shape index (κ3) is 4.24. The van der Waals surface area contributed by atoms with Crippen molar-refractivity contribution in [3.8, 4) is 6.07 Å². The van der Waals surface area contributed by atoms with Gasteiger partial charge in [-0.25, -0.2) is 8.42 Å². The average Bonchev–Trinajstić information content (AvgIpc) is 2.49. The first-order chi connectivity index (χ1) is 10.0. The maximum atomic E-state index is 12.2. The highest BCUT2D eigenvalue weighted by atomic mass is 35.5. The molecule has 0 aliphatic heterocycles. The van der Waals surface area contributed by atoms with Crippen LogP contribution in [-0.4, -0.2) is 19.9 Å². The summed E-state index contributed by atoms with van der Waals surface area (Å²) in [5.41, 5.74) is 0.444. The molecule has 0 bridgehead atoms. The molecule has 0 aliphatic rings. The largest absolute Gasteiger partial charge is 0.224 e. The summed E-state index contributed by atoms with van der Waals surface area (Å²) < 4.78 is 24.4. The normalized spacial score (nSPS) is 11.0. The number of halogens is 1. The van der Waals surface area contributed by atoms with E-state index in [1.54, 1.807) is 6.07 Å².